The Kier molecular flexibility index (Phi) is 4.37. The van der Waals surface area contributed by atoms with Crippen LogP contribution in [-0.2, 0) is 0 Å². The number of hydrogen-bond acceptors (Lipinski definition) is 5. The number of nitrogens with one attached hydrogen (secondary N) is 2. The van der Waals surface area contributed by atoms with Crippen molar-refractivity contribution in [3.05, 3.63) is 40.5 Å². The van der Waals surface area contributed by atoms with Crippen molar-refractivity contribution in [2.75, 3.05) is 12.4 Å². The summed E-state index contributed by atoms with van der Waals surface area (Å²) in [5, 5.41) is 14.8. The quantitative estimate of drug-likeness (QED) is 0.647. The predicted octanol–water partition coefficient (Wildman–Crippen LogP) is 3.46. The van der Waals surface area contributed by atoms with Gasteiger partial charge in [0.1, 0.15) is 5.52 Å². The zero-order chi connectivity index (χ0) is 17.3. The van der Waals surface area contributed by atoms with Crippen molar-refractivity contribution in [3.63, 3.8) is 0 Å². The summed E-state index contributed by atoms with van der Waals surface area (Å²) in [4.78, 5) is 24.2. The molecule has 0 radical (unpaired) electrons. The maximum Gasteiger partial charge on any atom is 0.320 e. The van der Waals surface area contributed by atoms with Gasteiger partial charge in [-0.25, -0.2) is 19.7 Å². The molecule has 0 fully saturated rings. The molecule has 3 N–H and O–H groups in total. The van der Waals surface area contributed by atoms with E-state index >= 15 is 0 Å². The molecule has 122 valence electrons. The van der Waals surface area contributed by atoms with Gasteiger partial charge in [-0.15, -0.1) is 0 Å². The monoisotopic (exact) mass is 363 g/mol. The zero-order valence-electron chi connectivity index (χ0n) is 12.3. The fourth-order valence-electron chi connectivity index (χ4n) is 2.01. The van der Waals surface area contributed by atoms with Gasteiger partial charge >= 0.3 is 6.03 Å². The Balaban J connectivity index is 2.05. The minimum Gasteiger partial charge on any atom is -0.505 e. The van der Waals surface area contributed by atoms with Crippen molar-refractivity contribution in [1.29, 1.82) is 0 Å². The van der Waals surface area contributed by atoms with Crippen LogP contribution >= 0.6 is 23.2 Å². The van der Waals surface area contributed by atoms with Crippen molar-refractivity contribution in [1.82, 2.24) is 20.3 Å². The Morgan fingerprint density at radius 2 is 1.88 bits per heavy atom. The lowest BCUT2D eigenvalue weighted by Gasteiger charge is -2.07. The molecule has 24 heavy (non-hydrogen) atoms. The molecule has 2 amide bonds. The highest BCUT2D eigenvalue weighted by atomic mass is 35.5. The average Bonchev–Trinajstić information content (AvgIpc) is 2.58. The number of carbonyl (C=O) groups excluding carboxylic acids is 1. The first kappa shape index (κ1) is 16.2. The minimum absolute atomic E-state index is 0.125. The van der Waals surface area contributed by atoms with E-state index in [1.807, 2.05) is 0 Å². The number of aromatic nitrogens is 3. The third-order valence-electron chi connectivity index (χ3n) is 3.19. The van der Waals surface area contributed by atoms with Gasteiger partial charge in [-0.3, -0.25) is 5.32 Å². The van der Waals surface area contributed by atoms with Gasteiger partial charge in [0.2, 0.25) is 0 Å². The summed E-state index contributed by atoms with van der Waals surface area (Å²) in [7, 11) is 1.50. The van der Waals surface area contributed by atoms with Crippen LogP contribution in [0.2, 0.25) is 10.0 Å². The van der Waals surface area contributed by atoms with Crippen molar-refractivity contribution in [2.24, 2.45) is 0 Å². The van der Waals surface area contributed by atoms with Gasteiger partial charge in [0.25, 0.3) is 0 Å². The number of phenols is 1. The van der Waals surface area contributed by atoms with E-state index in [0.29, 0.717) is 22.4 Å². The molecular formula is C15H11Cl2N5O2. The van der Waals surface area contributed by atoms with Crippen LogP contribution in [0.4, 0.5) is 10.6 Å². The lowest BCUT2D eigenvalue weighted by atomic mass is 10.1. The van der Waals surface area contributed by atoms with Gasteiger partial charge in [-0.05, 0) is 24.3 Å². The summed E-state index contributed by atoms with van der Waals surface area (Å²) in [6.07, 6.45) is 1.44. The lowest BCUT2D eigenvalue weighted by Crippen LogP contribution is -2.25. The molecule has 2 heterocycles. The summed E-state index contributed by atoms with van der Waals surface area (Å²) >= 11 is 11.9. The SMILES string of the molecule is CNC(=O)Nc1cnc2ccc(-c3cc(Cl)c(O)c(Cl)c3)nc2n1. The van der Waals surface area contributed by atoms with E-state index in [4.69, 9.17) is 23.2 Å². The molecule has 7 nitrogen and oxygen atoms in total. The van der Waals surface area contributed by atoms with E-state index in [-0.39, 0.29) is 21.6 Å². The molecule has 1 aromatic carbocycles. The van der Waals surface area contributed by atoms with Crippen LogP contribution in [0, 0.1) is 0 Å². The summed E-state index contributed by atoms with van der Waals surface area (Å²) in [6, 6.07) is 6.18. The summed E-state index contributed by atoms with van der Waals surface area (Å²) in [5.41, 5.74) is 2.09. The first-order valence-electron chi connectivity index (χ1n) is 6.79. The van der Waals surface area contributed by atoms with Crippen molar-refractivity contribution >= 4 is 46.2 Å². The van der Waals surface area contributed by atoms with Crippen molar-refractivity contribution in [2.45, 2.75) is 0 Å². The summed E-state index contributed by atoms with van der Waals surface area (Å²) in [6.45, 7) is 0. The minimum atomic E-state index is -0.406. The number of amides is 2. The Morgan fingerprint density at radius 3 is 2.54 bits per heavy atom. The standard InChI is InChI=1S/C15H11Cl2N5O2/c1-18-15(24)22-12-6-19-11-3-2-10(20-14(11)21-12)7-4-8(16)13(23)9(17)5-7/h2-6,23H,1H3,(H2,18,20,21,22,24). The lowest BCUT2D eigenvalue weighted by molar-refractivity contribution is 0.254. The van der Waals surface area contributed by atoms with Gasteiger partial charge in [0.15, 0.2) is 17.2 Å². The Bertz CT molecular complexity index is 925. The third kappa shape index (κ3) is 3.17. The number of benzene rings is 1. The number of nitrogens with zero attached hydrogens (tertiary/aromatic N) is 3. The van der Waals surface area contributed by atoms with E-state index in [1.165, 1.54) is 13.2 Å². The summed E-state index contributed by atoms with van der Waals surface area (Å²) in [5.74, 6) is 0.0907. The molecule has 3 rings (SSSR count). The van der Waals surface area contributed by atoms with Gasteiger partial charge in [-0.1, -0.05) is 23.2 Å². The van der Waals surface area contributed by atoms with Gasteiger partial charge in [0, 0.05) is 12.6 Å². The summed E-state index contributed by atoms with van der Waals surface area (Å²) < 4.78 is 0. The number of hydrogen-bond donors (Lipinski definition) is 3. The fourth-order valence-corrected chi connectivity index (χ4v) is 2.50. The normalized spacial score (nSPS) is 10.6. The van der Waals surface area contributed by atoms with E-state index in [9.17, 15) is 9.90 Å². The second kappa shape index (κ2) is 6.46. The molecule has 0 bridgehead atoms. The maximum absolute atomic E-state index is 11.3. The molecule has 0 atom stereocenters. The highest BCUT2D eigenvalue weighted by molar-refractivity contribution is 6.37. The Hall–Kier alpha value is -2.64. The molecule has 0 saturated carbocycles. The number of phenolic OH excluding ortho intramolecular Hbond substituents is 1. The molecular weight excluding hydrogens is 353 g/mol. The first-order valence-corrected chi connectivity index (χ1v) is 7.54. The molecule has 0 saturated heterocycles. The molecule has 0 aliphatic heterocycles. The number of carbonyl (C=O) groups is 1. The maximum atomic E-state index is 11.3. The number of rotatable bonds is 2. The fraction of sp³-hybridized carbons (Fsp3) is 0.0667. The van der Waals surface area contributed by atoms with E-state index in [2.05, 4.69) is 25.6 Å². The number of aromatic hydroxyl groups is 1. The molecule has 0 spiro atoms. The number of anilines is 1. The Morgan fingerprint density at radius 1 is 1.17 bits per heavy atom. The van der Waals surface area contributed by atoms with Crippen LogP contribution < -0.4 is 10.6 Å². The molecule has 9 heteroatoms. The molecule has 2 aromatic heterocycles. The van der Waals surface area contributed by atoms with Crippen LogP contribution in [0.15, 0.2) is 30.5 Å². The first-order chi connectivity index (χ1) is 11.5. The van der Waals surface area contributed by atoms with Crippen molar-refractivity contribution < 1.29 is 9.90 Å². The predicted molar refractivity (Wildman–Crippen MR) is 92.5 cm³/mol. The van der Waals surface area contributed by atoms with E-state index in [1.54, 1.807) is 24.3 Å². The second-order valence-corrected chi connectivity index (χ2v) is 5.60. The number of fused-ring (bicyclic) bond motifs is 1. The highest BCUT2D eigenvalue weighted by Crippen LogP contribution is 2.36. The second-order valence-electron chi connectivity index (χ2n) is 4.79. The number of halogens is 2. The molecule has 3 aromatic rings. The van der Waals surface area contributed by atoms with Gasteiger partial charge in [0.05, 0.1) is 21.9 Å². The van der Waals surface area contributed by atoms with E-state index in [0.717, 1.165) is 0 Å². The number of urea groups is 1. The zero-order valence-corrected chi connectivity index (χ0v) is 13.9. The van der Waals surface area contributed by atoms with Crippen LogP contribution in [-0.4, -0.2) is 33.1 Å². The number of pyridine rings is 1. The topological polar surface area (TPSA) is 100 Å². The third-order valence-corrected chi connectivity index (χ3v) is 3.76. The van der Waals surface area contributed by atoms with Crippen LogP contribution in [0.1, 0.15) is 0 Å². The average molecular weight is 364 g/mol. The smallest absolute Gasteiger partial charge is 0.320 e. The van der Waals surface area contributed by atoms with Crippen molar-refractivity contribution in [3.8, 4) is 17.0 Å². The van der Waals surface area contributed by atoms with Crippen LogP contribution in [0.25, 0.3) is 22.4 Å². The highest BCUT2D eigenvalue weighted by Gasteiger charge is 2.11. The van der Waals surface area contributed by atoms with Crippen LogP contribution in [0.5, 0.6) is 5.75 Å². The van der Waals surface area contributed by atoms with Gasteiger partial charge < -0.3 is 10.4 Å². The van der Waals surface area contributed by atoms with E-state index < -0.39 is 6.03 Å². The molecule has 0 aliphatic carbocycles. The molecule has 0 unspecified atom stereocenters. The van der Waals surface area contributed by atoms with Gasteiger partial charge in [-0.2, -0.15) is 0 Å². The van der Waals surface area contributed by atoms with Crippen LogP contribution in [0.3, 0.4) is 0 Å². The Labute approximate surface area is 146 Å². The largest absolute Gasteiger partial charge is 0.505 e. The molecule has 0 aliphatic rings.